The van der Waals surface area contributed by atoms with Crippen LogP contribution in [0.2, 0.25) is 0 Å². The van der Waals surface area contributed by atoms with Crippen LogP contribution in [0.4, 0.5) is 4.39 Å². The molecule has 126 valence electrons. The third kappa shape index (κ3) is 2.55. The van der Waals surface area contributed by atoms with Crippen LogP contribution >= 0.6 is 0 Å². The Morgan fingerprint density at radius 3 is 2.68 bits per heavy atom. The number of aromatic nitrogens is 1. The lowest BCUT2D eigenvalue weighted by molar-refractivity contribution is 0.0696. The van der Waals surface area contributed by atoms with Gasteiger partial charge in [0.05, 0.1) is 11.1 Å². The average molecular weight is 338 g/mol. The summed E-state index contributed by atoms with van der Waals surface area (Å²) in [6, 6.07) is 11.1. The highest BCUT2D eigenvalue weighted by Gasteiger charge is 2.25. The van der Waals surface area contributed by atoms with Crippen molar-refractivity contribution in [2.45, 2.75) is 13.0 Å². The van der Waals surface area contributed by atoms with Crippen LogP contribution in [0.25, 0.3) is 10.9 Å². The molecule has 0 fully saturated rings. The van der Waals surface area contributed by atoms with Crippen molar-refractivity contribution in [2.24, 2.45) is 0 Å². The average Bonchev–Trinajstić information content (AvgIpc) is 2.90. The molecule has 1 aliphatic rings. The van der Waals surface area contributed by atoms with Gasteiger partial charge in [0.25, 0.3) is 5.91 Å². The highest BCUT2D eigenvalue weighted by atomic mass is 19.1. The zero-order valence-electron chi connectivity index (χ0n) is 13.3. The van der Waals surface area contributed by atoms with Gasteiger partial charge in [-0.25, -0.2) is 9.18 Å². The molecule has 0 aliphatic carbocycles. The minimum absolute atomic E-state index is 0.183. The summed E-state index contributed by atoms with van der Waals surface area (Å²) in [6.45, 7) is 1.03. The second-order valence-corrected chi connectivity index (χ2v) is 6.08. The van der Waals surface area contributed by atoms with E-state index in [1.807, 2.05) is 4.57 Å². The molecular formula is C19H15FN2O3. The minimum atomic E-state index is -0.970. The smallest absolute Gasteiger partial charge is 0.335 e. The number of hydrogen-bond donors (Lipinski definition) is 2. The van der Waals surface area contributed by atoms with Gasteiger partial charge >= 0.3 is 5.97 Å². The van der Waals surface area contributed by atoms with Crippen molar-refractivity contribution in [3.8, 4) is 0 Å². The molecule has 0 spiro atoms. The summed E-state index contributed by atoms with van der Waals surface area (Å²) in [4.78, 5) is 23.3. The lowest BCUT2D eigenvalue weighted by Gasteiger charge is -2.17. The van der Waals surface area contributed by atoms with Gasteiger partial charge in [0.2, 0.25) is 0 Å². The molecule has 2 aromatic carbocycles. The number of amides is 1. The molecule has 1 amide bonds. The van der Waals surface area contributed by atoms with Gasteiger partial charge in [-0.15, -0.1) is 0 Å². The van der Waals surface area contributed by atoms with E-state index >= 15 is 0 Å². The molecule has 0 bridgehead atoms. The summed E-state index contributed by atoms with van der Waals surface area (Å²) in [7, 11) is 0. The van der Waals surface area contributed by atoms with Crippen LogP contribution in [0, 0.1) is 5.82 Å². The van der Waals surface area contributed by atoms with E-state index in [0.717, 1.165) is 16.8 Å². The molecule has 0 unspecified atom stereocenters. The number of carbonyl (C=O) groups excluding carboxylic acids is 1. The first-order chi connectivity index (χ1) is 12.0. The molecule has 0 saturated heterocycles. The summed E-state index contributed by atoms with van der Waals surface area (Å²) in [5.74, 6) is -1.53. The molecule has 4 rings (SSSR count). The van der Waals surface area contributed by atoms with Crippen LogP contribution in [0.15, 0.2) is 42.5 Å². The Morgan fingerprint density at radius 2 is 1.96 bits per heavy atom. The Bertz CT molecular complexity index is 1010. The van der Waals surface area contributed by atoms with Crippen LogP contribution in [-0.2, 0) is 13.0 Å². The fourth-order valence-electron chi connectivity index (χ4n) is 3.39. The molecule has 2 heterocycles. The van der Waals surface area contributed by atoms with Gasteiger partial charge in [0.1, 0.15) is 5.82 Å². The van der Waals surface area contributed by atoms with Crippen molar-refractivity contribution >= 4 is 22.8 Å². The number of fused-ring (bicyclic) bond motifs is 3. The van der Waals surface area contributed by atoms with E-state index in [2.05, 4.69) is 5.32 Å². The van der Waals surface area contributed by atoms with E-state index in [-0.39, 0.29) is 17.3 Å². The van der Waals surface area contributed by atoms with Crippen LogP contribution in [-0.4, -0.2) is 28.1 Å². The Kier molecular flexibility index (Phi) is 3.53. The van der Waals surface area contributed by atoms with Gasteiger partial charge in [0, 0.05) is 36.1 Å². The second-order valence-electron chi connectivity index (χ2n) is 6.08. The van der Waals surface area contributed by atoms with Gasteiger partial charge in [-0.1, -0.05) is 12.1 Å². The normalized spacial score (nSPS) is 13.6. The molecule has 0 saturated carbocycles. The summed E-state index contributed by atoms with van der Waals surface area (Å²) in [5.41, 5.74) is 3.35. The van der Waals surface area contributed by atoms with Gasteiger partial charge < -0.3 is 15.0 Å². The zero-order chi connectivity index (χ0) is 17.6. The molecule has 25 heavy (non-hydrogen) atoms. The van der Waals surface area contributed by atoms with Crippen molar-refractivity contribution in [3.63, 3.8) is 0 Å². The van der Waals surface area contributed by atoms with Gasteiger partial charge in [0.15, 0.2) is 0 Å². The fraction of sp³-hybridized carbons (Fsp3) is 0.158. The first-order valence-electron chi connectivity index (χ1n) is 7.95. The number of carboxylic acid groups (broad SMARTS) is 1. The summed E-state index contributed by atoms with van der Waals surface area (Å²) < 4.78 is 15.7. The summed E-state index contributed by atoms with van der Waals surface area (Å²) in [5, 5.41) is 12.4. The van der Waals surface area contributed by atoms with E-state index in [1.54, 1.807) is 30.3 Å². The molecule has 0 atom stereocenters. The number of nitrogens with one attached hydrogen (secondary N) is 1. The van der Waals surface area contributed by atoms with Crippen molar-refractivity contribution in [1.82, 2.24) is 9.88 Å². The highest BCUT2D eigenvalue weighted by Crippen LogP contribution is 2.30. The quantitative estimate of drug-likeness (QED) is 0.771. The number of carbonyl (C=O) groups is 2. The summed E-state index contributed by atoms with van der Waals surface area (Å²) in [6.07, 6.45) is 0.671. The Balaban J connectivity index is 1.84. The SMILES string of the molecule is O=C(O)c1ccc(Cn2c3c(c4cc(F)ccc42)C(=O)NCC3)cc1. The Labute approximate surface area is 142 Å². The van der Waals surface area contributed by atoms with Crippen LogP contribution < -0.4 is 5.32 Å². The number of aromatic carboxylic acids is 1. The van der Waals surface area contributed by atoms with Crippen LogP contribution in [0.3, 0.4) is 0 Å². The number of halogens is 1. The maximum atomic E-state index is 13.7. The second kappa shape index (κ2) is 5.73. The monoisotopic (exact) mass is 338 g/mol. The molecule has 3 aromatic rings. The van der Waals surface area contributed by atoms with Crippen molar-refractivity contribution in [1.29, 1.82) is 0 Å². The van der Waals surface area contributed by atoms with Crippen LogP contribution in [0.1, 0.15) is 32.0 Å². The first kappa shape index (κ1) is 15.4. The molecule has 0 radical (unpaired) electrons. The Morgan fingerprint density at radius 1 is 1.20 bits per heavy atom. The standard InChI is InChI=1S/C19H15FN2O3/c20-13-5-6-15-14(9-13)17-16(7-8-21-18(17)23)22(15)10-11-1-3-12(4-2-11)19(24)25/h1-6,9H,7-8,10H2,(H,21,23)(H,24,25). The highest BCUT2D eigenvalue weighted by molar-refractivity contribution is 6.09. The lowest BCUT2D eigenvalue weighted by atomic mass is 10.1. The number of benzene rings is 2. The number of carboxylic acids is 1. The molecule has 6 heteroatoms. The molecule has 1 aliphatic heterocycles. The van der Waals surface area contributed by atoms with E-state index in [4.69, 9.17) is 5.11 Å². The number of hydrogen-bond acceptors (Lipinski definition) is 2. The van der Waals surface area contributed by atoms with Gasteiger partial charge in [-0.3, -0.25) is 4.79 Å². The van der Waals surface area contributed by atoms with Crippen molar-refractivity contribution < 1.29 is 19.1 Å². The van der Waals surface area contributed by atoms with Crippen molar-refractivity contribution in [2.75, 3.05) is 6.54 Å². The minimum Gasteiger partial charge on any atom is -0.478 e. The van der Waals surface area contributed by atoms with E-state index in [0.29, 0.717) is 30.5 Å². The largest absolute Gasteiger partial charge is 0.478 e. The van der Waals surface area contributed by atoms with E-state index in [1.165, 1.54) is 12.1 Å². The number of nitrogens with zero attached hydrogens (tertiary/aromatic N) is 1. The lowest BCUT2D eigenvalue weighted by Crippen LogP contribution is -2.32. The third-order valence-corrected chi connectivity index (χ3v) is 4.55. The van der Waals surface area contributed by atoms with E-state index in [9.17, 15) is 14.0 Å². The fourth-order valence-corrected chi connectivity index (χ4v) is 3.39. The van der Waals surface area contributed by atoms with Gasteiger partial charge in [-0.2, -0.15) is 0 Å². The topological polar surface area (TPSA) is 71.3 Å². The maximum Gasteiger partial charge on any atom is 0.335 e. The molecule has 2 N–H and O–H groups in total. The first-order valence-corrected chi connectivity index (χ1v) is 7.95. The zero-order valence-corrected chi connectivity index (χ0v) is 13.3. The predicted molar refractivity (Wildman–Crippen MR) is 90.4 cm³/mol. The molecule has 1 aromatic heterocycles. The molecule has 5 nitrogen and oxygen atoms in total. The van der Waals surface area contributed by atoms with Crippen molar-refractivity contribution in [3.05, 3.63) is 70.7 Å². The number of rotatable bonds is 3. The Hall–Kier alpha value is -3.15. The maximum absolute atomic E-state index is 13.7. The predicted octanol–water partition coefficient (Wildman–Crippen LogP) is 2.81. The van der Waals surface area contributed by atoms with Gasteiger partial charge in [-0.05, 0) is 35.9 Å². The van der Waals surface area contributed by atoms with Crippen LogP contribution in [0.5, 0.6) is 0 Å². The third-order valence-electron chi connectivity index (χ3n) is 4.55. The van der Waals surface area contributed by atoms with E-state index < -0.39 is 5.97 Å². The molecular weight excluding hydrogens is 323 g/mol. The summed E-state index contributed by atoms with van der Waals surface area (Å²) >= 11 is 0.